The molecule has 0 bridgehead atoms. The van der Waals surface area contributed by atoms with Crippen LogP contribution in [0.15, 0.2) is 55.0 Å². The summed E-state index contributed by atoms with van der Waals surface area (Å²) in [6.07, 6.45) is 3.29. The Kier molecular flexibility index (Phi) is 5.70. The lowest BCUT2D eigenvalue weighted by Crippen LogP contribution is -2.32. The Bertz CT molecular complexity index is 1260. The van der Waals surface area contributed by atoms with E-state index in [1.165, 1.54) is 11.0 Å². The molecule has 0 saturated heterocycles. The molecule has 4 aromatic rings. The van der Waals surface area contributed by atoms with Gasteiger partial charge in [0.05, 0.1) is 0 Å². The fraction of sp³-hybridized carbons (Fsp3) is 0.143. The summed E-state index contributed by atoms with van der Waals surface area (Å²) in [6.45, 7) is 0.283. The monoisotopic (exact) mass is 438 g/mol. The first-order chi connectivity index (χ1) is 14.5. The number of nitriles is 1. The van der Waals surface area contributed by atoms with Gasteiger partial charge < -0.3 is 10.3 Å². The number of benzene rings is 2. The molecule has 150 valence electrons. The summed E-state index contributed by atoms with van der Waals surface area (Å²) in [6, 6.07) is 15.1. The minimum atomic E-state index is -0.251. The van der Waals surface area contributed by atoms with Gasteiger partial charge in [-0.25, -0.2) is 9.67 Å². The van der Waals surface area contributed by atoms with E-state index in [0.29, 0.717) is 16.6 Å². The fourth-order valence-corrected chi connectivity index (χ4v) is 3.93. The third kappa shape index (κ3) is 4.15. The van der Waals surface area contributed by atoms with Gasteiger partial charge in [-0.2, -0.15) is 5.26 Å². The molecule has 0 aliphatic rings. The molecule has 0 saturated carbocycles. The van der Waals surface area contributed by atoms with E-state index in [2.05, 4.69) is 20.4 Å². The molecule has 30 heavy (non-hydrogen) atoms. The number of nitrogens with zero attached hydrogens (tertiary/aromatic N) is 4. The van der Waals surface area contributed by atoms with Crippen LogP contribution in [0.5, 0.6) is 0 Å². The van der Waals surface area contributed by atoms with Crippen molar-refractivity contribution < 1.29 is 4.79 Å². The molecule has 0 fully saturated rings. The molecular weight excluding hydrogens is 423 g/mol. The number of rotatable bonds is 6. The van der Waals surface area contributed by atoms with Crippen molar-refractivity contribution in [1.29, 1.82) is 5.26 Å². The van der Waals surface area contributed by atoms with Crippen LogP contribution < -0.4 is 5.32 Å². The Morgan fingerprint density at radius 1 is 1.23 bits per heavy atom. The number of nitrogens with one attached hydrogen (secondary N) is 2. The summed E-state index contributed by atoms with van der Waals surface area (Å²) < 4.78 is 1.32. The van der Waals surface area contributed by atoms with Crippen LogP contribution in [0.4, 0.5) is 0 Å². The number of aromatic nitrogens is 4. The quantitative estimate of drug-likeness (QED) is 0.476. The molecule has 0 unspecified atom stereocenters. The highest BCUT2D eigenvalue weighted by Crippen LogP contribution is 2.35. The number of para-hydroxylation sites is 1. The molecule has 1 atom stereocenters. The molecule has 2 N–H and O–H groups in total. The Morgan fingerprint density at radius 3 is 2.83 bits per heavy atom. The number of halogens is 2. The predicted molar refractivity (Wildman–Crippen MR) is 114 cm³/mol. The molecule has 2 heterocycles. The fourth-order valence-electron chi connectivity index (χ4n) is 3.39. The lowest BCUT2D eigenvalue weighted by Gasteiger charge is -2.19. The van der Waals surface area contributed by atoms with E-state index in [1.807, 2.05) is 42.6 Å². The maximum absolute atomic E-state index is 12.5. The van der Waals surface area contributed by atoms with E-state index >= 15 is 0 Å². The van der Waals surface area contributed by atoms with Crippen LogP contribution in [0.1, 0.15) is 22.9 Å². The van der Waals surface area contributed by atoms with Gasteiger partial charge in [0.25, 0.3) is 5.82 Å². The van der Waals surface area contributed by atoms with Crippen LogP contribution in [0.3, 0.4) is 0 Å². The van der Waals surface area contributed by atoms with Gasteiger partial charge in [0.1, 0.15) is 18.9 Å². The molecule has 4 rings (SSSR count). The van der Waals surface area contributed by atoms with Crippen molar-refractivity contribution in [2.75, 3.05) is 6.54 Å². The molecule has 0 aliphatic heterocycles. The summed E-state index contributed by atoms with van der Waals surface area (Å²) in [5.74, 6) is -0.424. The maximum atomic E-state index is 12.5. The van der Waals surface area contributed by atoms with Gasteiger partial charge in [0.15, 0.2) is 0 Å². The van der Waals surface area contributed by atoms with E-state index in [1.54, 1.807) is 12.1 Å². The van der Waals surface area contributed by atoms with E-state index in [9.17, 15) is 4.79 Å². The molecular formula is C21H16Cl2N6O. The van der Waals surface area contributed by atoms with E-state index in [0.717, 1.165) is 22.0 Å². The number of H-pyrrole nitrogens is 1. The Hall–Kier alpha value is -3.34. The third-order valence-electron chi connectivity index (χ3n) is 4.78. The average Bonchev–Trinajstić information content (AvgIpc) is 3.36. The largest absolute Gasteiger partial charge is 0.361 e. The number of fused-ring (bicyclic) bond motifs is 1. The Morgan fingerprint density at radius 2 is 2.07 bits per heavy atom. The van der Waals surface area contributed by atoms with Gasteiger partial charge in [-0.15, -0.1) is 5.10 Å². The second-order valence-corrected chi connectivity index (χ2v) is 7.53. The zero-order chi connectivity index (χ0) is 21.1. The summed E-state index contributed by atoms with van der Waals surface area (Å²) in [5, 5.41) is 17.8. The van der Waals surface area contributed by atoms with Crippen molar-refractivity contribution in [3.63, 3.8) is 0 Å². The standard InChI is InChI=1S/C21H16Cl2N6O/c22-13-5-6-14(18(23)7-13)16(17-9-25-19-4-2-1-3-15(17)19)10-26-21(30)11-29-12-27-20(8-24)28-29/h1-7,9,12,16,25H,10-11H2,(H,26,30)/t16-/m1/s1. The topological polar surface area (TPSA) is 99.4 Å². The molecule has 0 radical (unpaired) electrons. The van der Waals surface area contributed by atoms with Gasteiger partial charge in [-0.3, -0.25) is 4.79 Å². The van der Waals surface area contributed by atoms with Crippen LogP contribution in [-0.4, -0.2) is 32.2 Å². The third-order valence-corrected chi connectivity index (χ3v) is 5.34. The lowest BCUT2D eigenvalue weighted by atomic mass is 9.90. The van der Waals surface area contributed by atoms with Crippen molar-refractivity contribution in [3.8, 4) is 6.07 Å². The van der Waals surface area contributed by atoms with Crippen molar-refractivity contribution >= 4 is 40.0 Å². The average molecular weight is 439 g/mol. The second kappa shape index (κ2) is 8.57. The minimum absolute atomic E-state index is 0.0208. The summed E-state index contributed by atoms with van der Waals surface area (Å²) in [5.41, 5.74) is 2.88. The second-order valence-electron chi connectivity index (χ2n) is 6.69. The minimum Gasteiger partial charge on any atom is -0.361 e. The maximum Gasteiger partial charge on any atom is 0.252 e. The predicted octanol–water partition coefficient (Wildman–Crippen LogP) is 3.89. The van der Waals surface area contributed by atoms with Gasteiger partial charge in [-0.05, 0) is 29.3 Å². The Balaban J connectivity index is 1.60. The van der Waals surface area contributed by atoms with Crippen molar-refractivity contribution in [2.24, 2.45) is 0 Å². The molecule has 2 aromatic carbocycles. The normalized spacial score (nSPS) is 11.9. The number of amides is 1. The molecule has 1 amide bonds. The first kappa shape index (κ1) is 20.0. The van der Waals surface area contributed by atoms with Crippen molar-refractivity contribution in [1.82, 2.24) is 25.1 Å². The molecule has 0 aliphatic carbocycles. The molecule has 0 spiro atoms. The summed E-state index contributed by atoms with van der Waals surface area (Å²) >= 11 is 12.6. The van der Waals surface area contributed by atoms with E-state index < -0.39 is 0 Å². The van der Waals surface area contributed by atoms with Crippen LogP contribution in [0.2, 0.25) is 10.0 Å². The lowest BCUT2D eigenvalue weighted by molar-refractivity contribution is -0.121. The van der Waals surface area contributed by atoms with Crippen LogP contribution in [0, 0.1) is 11.3 Å². The summed E-state index contributed by atoms with van der Waals surface area (Å²) in [4.78, 5) is 19.5. The highest BCUT2D eigenvalue weighted by Gasteiger charge is 2.21. The number of carbonyl (C=O) groups excluding carboxylic acids is 1. The first-order valence-corrected chi connectivity index (χ1v) is 9.88. The number of aromatic amines is 1. The Labute approximate surface area is 182 Å². The van der Waals surface area contributed by atoms with E-state index in [4.69, 9.17) is 28.5 Å². The van der Waals surface area contributed by atoms with Gasteiger partial charge in [0, 0.05) is 39.6 Å². The molecule has 9 heteroatoms. The highest BCUT2D eigenvalue weighted by atomic mass is 35.5. The molecule has 2 aromatic heterocycles. The summed E-state index contributed by atoms with van der Waals surface area (Å²) in [7, 11) is 0. The van der Waals surface area contributed by atoms with Crippen molar-refractivity contribution in [3.05, 3.63) is 82.0 Å². The zero-order valence-corrected chi connectivity index (χ0v) is 17.2. The first-order valence-electron chi connectivity index (χ1n) is 9.12. The zero-order valence-electron chi connectivity index (χ0n) is 15.6. The van der Waals surface area contributed by atoms with Crippen molar-refractivity contribution in [2.45, 2.75) is 12.5 Å². The number of hydrogen-bond donors (Lipinski definition) is 2. The SMILES string of the molecule is N#Cc1ncn(CC(=O)NC[C@H](c2ccc(Cl)cc2Cl)c2c[nH]c3ccccc23)n1. The van der Waals surface area contributed by atoms with Crippen LogP contribution in [0.25, 0.3) is 10.9 Å². The van der Waals surface area contributed by atoms with E-state index in [-0.39, 0.29) is 24.2 Å². The van der Waals surface area contributed by atoms with Gasteiger partial charge in [0.2, 0.25) is 5.91 Å². The van der Waals surface area contributed by atoms with Gasteiger partial charge in [-0.1, -0.05) is 47.5 Å². The molecule has 7 nitrogen and oxygen atoms in total. The number of hydrogen-bond acceptors (Lipinski definition) is 4. The van der Waals surface area contributed by atoms with Crippen LogP contribution in [-0.2, 0) is 11.3 Å². The number of carbonyl (C=O) groups is 1. The van der Waals surface area contributed by atoms with Gasteiger partial charge >= 0.3 is 0 Å². The smallest absolute Gasteiger partial charge is 0.252 e. The highest BCUT2D eigenvalue weighted by molar-refractivity contribution is 6.35. The van der Waals surface area contributed by atoms with Crippen LogP contribution >= 0.6 is 23.2 Å².